The molecule has 5 nitrogen and oxygen atoms in total. The Kier molecular flexibility index (Phi) is 4.45. The summed E-state index contributed by atoms with van der Waals surface area (Å²) in [6, 6.07) is 5.77. The van der Waals surface area contributed by atoms with Gasteiger partial charge in [0.25, 0.3) is 0 Å². The number of rotatable bonds is 4. The number of fused-ring (bicyclic) bond motifs is 1. The molecule has 3 aromatic heterocycles. The second kappa shape index (κ2) is 6.52. The summed E-state index contributed by atoms with van der Waals surface area (Å²) in [4.78, 5) is 17.3. The average Bonchev–Trinajstić information content (AvgIpc) is 3.10. The van der Waals surface area contributed by atoms with E-state index in [0.29, 0.717) is 10.0 Å². The third-order valence-corrected chi connectivity index (χ3v) is 4.38. The number of hydrogen-bond donors (Lipinski definition) is 1. The number of nitrogens with zero attached hydrogens (tertiary/aromatic N) is 3. The van der Waals surface area contributed by atoms with Crippen LogP contribution in [0.15, 0.2) is 36.7 Å². The number of aromatic nitrogens is 3. The molecule has 3 aromatic rings. The molecule has 23 heavy (non-hydrogen) atoms. The van der Waals surface area contributed by atoms with Crippen molar-refractivity contribution in [3.8, 4) is 0 Å². The number of amides is 1. The van der Waals surface area contributed by atoms with Crippen molar-refractivity contribution in [2.75, 3.05) is 5.32 Å². The molecule has 0 bridgehead atoms. The lowest BCUT2D eigenvalue weighted by Crippen LogP contribution is -2.08. The minimum absolute atomic E-state index is 0.216. The predicted octanol–water partition coefficient (Wildman–Crippen LogP) is 4.38. The van der Waals surface area contributed by atoms with Gasteiger partial charge in [-0.05, 0) is 38.1 Å². The van der Waals surface area contributed by atoms with Gasteiger partial charge in [-0.2, -0.15) is 5.10 Å². The van der Waals surface area contributed by atoms with Crippen LogP contribution in [0.4, 0.5) is 5.69 Å². The maximum Gasteiger partial charge on any atom is 0.248 e. The first-order chi connectivity index (χ1) is 11.0. The predicted molar refractivity (Wildman–Crippen MR) is 94.9 cm³/mol. The zero-order valence-corrected chi connectivity index (χ0v) is 14.2. The molecule has 3 heterocycles. The van der Waals surface area contributed by atoms with Crippen molar-refractivity contribution in [3.63, 3.8) is 0 Å². The number of halogens is 1. The molecule has 0 radical (unpaired) electrons. The van der Waals surface area contributed by atoms with Gasteiger partial charge in [0.1, 0.15) is 0 Å². The van der Waals surface area contributed by atoms with E-state index in [1.165, 1.54) is 17.4 Å². The quantitative estimate of drug-likeness (QED) is 0.713. The maximum absolute atomic E-state index is 12.0. The highest BCUT2D eigenvalue weighted by Crippen LogP contribution is 2.22. The highest BCUT2D eigenvalue weighted by molar-refractivity contribution is 7.17. The zero-order chi connectivity index (χ0) is 16.4. The van der Waals surface area contributed by atoms with Crippen molar-refractivity contribution in [1.82, 2.24) is 14.8 Å². The molecule has 118 valence electrons. The Morgan fingerprint density at radius 3 is 2.91 bits per heavy atom. The Labute approximate surface area is 142 Å². The highest BCUT2D eigenvalue weighted by Gasteiger charge is 2.08. The normalized spacial score (nSPS) is 11.7. The molecule has 1 N–H and O–H groups in total. The van der Waals surface area contributed by atoms with Gasteiger partial charge in [0, 0.05) is 22.4 Å². The summed E-state index contributed by atoms with van der Waals surface area (Å²) in [5.41, 5.74) is 1.45. The Morgan fingerprint density at radius 2 is 2.22 bits per heavy atom. The minimum atomic E-state index is -0.216. The Bertz CT molecular complexity index is 881. The summed E-state index contributed by atoms with van der Waals surface area (Å²) in [5, 5.41) is 8.00. The Morgan fingerprint density at radius 1 is 1.39 bits per heavy atom. The Hall–Kier alpha value is -2.18. The van der Waals surface area contributed by atoms with Crippen molar-refractivity contribution >= 4 is 51.6 Å². The summed E-state index contributed by atoms with van der Waals surface area (Å²) in [6.07, 6.45) is 6.59. The van der Waals surface area contributed by atoms with E-state index in [-0.39, 0.29) is 11.9 Å². The number of nitrogens with one attached hydrogen (secondary N) is 1. The molecule has 0 spiro atoms. The molecule has 0 saturated carbocycles. The van der Waals surface area contributed by atoms with Crippen LogP contribution in [0.25, 0.3) is 17.1 Å². The summed E-state index contributed by atoms with van der Waals surface area (Å²) in [6.45, 7) is 4.09. The Balaban J connectivity index is 1.73. The van der Waals surface area contributed by atoms with Crippen LogP contribution in [-0.2, 0) is 4.79 Å². The second-order valence-electron chi connectivity index (χ2n) is 5.28. The molecule has 0 saturated heterocycles. The molecule has 0 unspecified atom stereocenters. The molecule has 0 aliphatic rings. The van der Waals surface area contributed by atoms with Crippen LogP contribution >= 0.6 is 22.9 Å². The van der Waals surface area contributed by atoms with E-state index < -0.39 is 0 Å². The van der Waals surface area contributed by atoms with Gasteiger partial charge in [-0.1, -0.05) is 11.6 Å². The van der Waals surface area contributed by atoms with Gasteiger partial charge in [-0.15, -0.1) is 11.3 Å². The van der Waals surface area contributed by atoms with Gasteiger partial charge >= 0.3 is 0 Å². The number of pyridine rings is 1. The number of thiophene rings is 1. The van der Waals surface area contributed by atoms with Crippen molar-refractivity contribution in [1.29, 1.82) is 0 Å². The molecule has 0 aliphatic carbocycles. The van der Waals surface area contributed by atoms with E-state index in [4.69, 9.17) is 11.6 Å². The first-order valence-corrected chi connectivity index (χ1v) is 8.30. The third kappa shape index (κ3) is 3.60. The van der Waals surface area contributed by atoms with Crippen molar-refractivity contribution in [3.05, 3.63) is 45.9 Å². The van der Waals surface area contributed by atoms with Crippen LogP contribution in [0.3, 0.4) is 0 Å². The highest BCUT2D eigenvalue weighted by atomic mass is 35.5. The monoisotopic (exact) mass is 346 g/mol. The van der Waals surface area contributed by atoms with Gasteiger partial charge in [0.05, 0.1) is 22.4 Å². The van der Waals surface area contributed by atoms with Crippen molar-refractivity contribution in [2.24, 2.45) is 0 Å². The van der Waals surface area contributed by atoms with E-state index in [9.17, 15) is 4.79 Å². The molecular formula is C16H15ClN4OS. The summed E-state index contributed by atoms with van der Waals surface area (Å²) in [5.74, 6) is -0.216. The van der Waals surface area contributed by atoms with E-state index >= 15 is 0 Å². The molecule has 0 atom stereocenters. The lowest BCUT2D eigenvalue weighted by molar-refractivity contribution is -0.111. The first kappa shape index (κ1) is 15.7. The smallest absolute Gasteiger partial charge is 0.248 e. The van der Waals surface area contributed by atoms with E-state index in [0.717, 1.165) is 15.9 Å². The van der Waals surface area contributed by atoms with Crippen molar-refractivity contribution in [2.45, 2.75) is 19.9 Å². The fraction of sp³-hybridized carbons (Fsp3) is 0.188. The van der Waals surface area contributed by atoms with Gasteiger partial charge in [-0.3, -0.25) is 4.79 Å². The van der Waals surface area contributed by atoms with E-state index in [1.807, 2.05) is 30.7 Å². The molecule has 0 aromatic carbocycles. The topological polar surface area (TPSA) is 59.8 Å². The van der Waals surface area contributed by atoms with Crippen LogP contribution in [0, 0.1) is 0 Å². The summed E-state index contributed by atoms with van der Waals surface area (Å²) in [7, 11) is 0. The largest absolute Gasteiger partial charge is 0.321 e. The van der Waals surface area contributed by atoms with Crippen LogP contribution < -0.4 is 5.32 Å². The standard InChI is InChI=1S/C16H15ClN4OS/c1-10(2)21-16-11(8-19-21)7-12(9-18-16)20-15(22)6-4-13-3-5-14(17)23-13/h3-10H,1-2H3,(H,20,22)/b6-4+. The van der Waals surface area contributed by atoms with Crippen LogP contribution in [0.2, 0.25) is 4.34 Å². The summed E-state index contributed by atoms with van der Waals surface area (Å²) >= 11 is 7.27. The lowest BCUT2D eigenvalue weighted by atomic mass is 10.3. The first-order valence-electron chi connectivity index (χ1n) is 7.10. The van der Waals surface area contributed by atoms with Gasteiger partial charge < -0.3 is 5.32 Å². The molecular weight excluding hydrogens is 332 g/mol. The van der Waals surface area contributed by atoms with Crippen LogP contribution in [0.5, 0.6) is 0 Å². The van der Waals surface area contributed by atoms with E-state index in [2.05, 4.69) is 15.4 Å². The minimum Gasteiger partial charge on any atom is -0.321 e. The molecule has 0 fully saturated rings. The SMILES string of the molecule is CC(C)n1ncc2cc(NC(=O)/C=C/c3ccc(Cl)s3)cnc21. The van der Waals surface area contributed by atoms with Gasteiger partial charge in [0.15, 0.2) is 5.65 Å². The number of anilines is 1. The fourth-order valence-corrected chi connectivity index (χ4v) is 3.11. The molecule has 7 heteroatoms. The number of carbonyl (C=O) groups excluding carboxylic acids is 1. The van der Waals surface area contributed by atoms with Gasteiger partial charge in [0.2, 0.25) is 5.91 Å². The molecule has 0 aliphatic heterocycles. The molecule has 1 amide bonds. The number of hydrogen-bond acceptors (Lipinski definition) is 4. The van der Waals surface area contributed by atoms with Gasteiger partial charge in [-0.25, -0.2) is 9.67 Å². The van der Waals surface area contributed by atoms with Crippen LogP contribution in [0.1, 0.15) is 24.8 Å². The zero-order valence-electron chi connectivity index (χ0n) is 12.7. The molecule has 3 rings (SSSR count). The summed E-state index contributed by atoms with van der Waals surface area (Å²) < 4.78 is 2.54. The lowest BCUT2D eigenvalue weighted by Gasteiger charge is -2.06. The van der Waals surface area contributed by atoms with E-state index in [1.54, 1.807) is 24.5 Å². The van der Waals surface area contributed by atoms with Crippen molar-refractivity contribution < 1.29 is 4.79 Å². The fourth-order valence-electron chi connectivity index (χ4n) is 2.15. The average molecular weight is 347 g/mol. The third-order valence-electron chi connectivity index (χ3n) is 3.18. The number of carbonyl (C=O) groups is 1. The second-order valence-corrected chi connectivity index (χ2v) is 7.03. The van der Waals surface area contributed by atoms with Crippen LogP contribution in [-0.4, -0.2) is 20.7 Å². The maximum atomic E-state index is 12.0.